The summed E-state index contributed by atoms with van der Waals surface area (Å²) in [5.74, 6) is 0.230. The molecule has 216 valence electrons. The van der Waals surface area contributed by atoms with Crippen molar-refractivity contribution < 1.29 is 19.1 Å². The summed E-state index contributed by atoms with van der Waals surface area (Å²) in [6.45, 7) is 13.4. The number of nitrogens with zero attached hydrogens (tertiary/aromatic N) is 1. The van der Waals surface area contributed by atoms with Gasteiger partial charge in [0.2, 0.25) is 0 Å². The van der Waals surface area contributed by atoms with Gasteiger partial charge in [0, 0.05) is 53.5 Å². The Morgan fingerprint density at radius 2 is 1.44 bits per heavy atom. The van der Waals surface area contributed by atoms with Crippen LogP contribution < -0.4 is 10.1 Å². The van der Waals surface area contributed by atoms with Crippen LogP contribution in [0, 0.1) is 17.8 Å². The second-order valence-corrected chi connectivity index (χ2v) is 13.4. The smallest absolute Gasteiger partial charge is 0.262 e. The van der Waals surface area contributed by atoms with Crippen LogP contribution in [0.1, 0.15) is 83.8 Å². The van der Waals surface area contributed by atoms with Crippen molar-refractivity contribution in [3.05, 3.63) is 82.2 Å². The lowest BCUT2D eigenvalue weighted by Crippen LogP contribution is -2.44. The summed E-state index contributed by atoms with van der Waals surface area (Å²) in [4.78, 5) is 42.5. The number of carbonyl (C=O) groups excluding carboxylic acids is 3. The van der Waals surface area contributed by atoms with Crippen molar-refractivity contribution in [1.29, 1.82) is 0 Å². The lowest BCUT2D eigenvalue weighted by molar-refractivity contribution is -0.120. The van der Waals surface area contributed by atoms with E-state index in [1.807, 2.05) is 55.5 Å². The zero-order valence-corrected chi connectivity index (χ0v) is 25.2. The summed E-state index contributed by atoms with van der Waals surface area (Å²) in [6, 6.07) is 15.2. The van der Waals surface area contributed by atoms with E-state index in [0.29, 0.717) is 18.6 Å². The van der Waals surface area contributed by atoms with E-state index in [0.717, 1.165) is 65.2 Å². The highest BCUT2D eigenvalue weighted by Gasteiger charge is 2.48. The number of benzene rings is 2. The van der Waals surface area contributed by atoms with E-state index in [9.17, 15) is 14.4 Å². The Bertz CT molecular complexity index is 1390. The Hall–Kier alpha value is -3.67. The van der Waals surface area contributed by atoms with E-state index in [-0.39, 0.29) is 40.8 Å². The molecule has 0 unspecified atom stereocenters. The van der Waals surface area contributed by atoms with Crippen LogP contribution in [0.25, 0.3) is 0 Å². The van der Waals surface area contributed by atoms with Crippen molar-refractivity contribution in [2.75, 3.05) is 18.5 Å². The zero-order chi connectivity index (χ0) is 29.5. The van der Waals surface area contributed by atoms with E-state index in [2.05, 4.69) is 44.8 Å². The molecular weight excluding hydrogens is 512 g/mol. The van der Waals surface area contributed by atoms with Gasteiger partial charge in [0.25, 0.3) is 5.91 Å². The molecule has 6 nitrogen and oxygen atoms in total. The molecule has 1 heterocycles. The third-order valence-corrected chi connectivity index (χ3v) is 8.47. The summed E-state index contributed by atoms with van der Waals surface area (Å²) in [6.07, 6.45) is 3.51. The largest absolute Gasteiger partial charge is 0.484 e. The van der Waals surface area contributed by atoms with Crippen LogP contribution in [0.5, 0.6) is 5.75 Å². The number of carbonyl (C=O) groups is 3. The highest BCUT2D eigenvalue weighted by atomic mass is 16.5. The maximum absolute atomic E-state index is 13.8. The molecule has 0 fully saturated rings. The van der Waals surface area contributed by atoms with Gasteiger partial charge in [-0.1, -0.05) is 65.0 Å². The van der Waals surface area contributed by atoms with Crippen molar-refractivity contribution in [2.24, 2.45) is 10.8 Å². The number of nitrogens with one attached hydrogen (secondary N) is 1. The standard InChI is InChI=1S/C35H42N2O4/c1-7-16-37-26-17-34(3,4)19-28(38)32(26)31(33-27(37)18-35(5,6)20-29(33)39)23-12-14-24(15-13-23)41-21-30(40)36-25-11-9-8-10-22(25)2/h8-15,31H,7,16-21H2,1-6H3,(H,36,40). The highest BCUT2D eigenvalue weighted by molar-refractivity contribution is 6.06. The minimum absolute atomic E-state index is 0.116. The van der Waals surface area contributed by atoms with Gasteiger partial charge in [-0.25, -0.2) is 0 Å². The van der Waals surface area contributed by atoms with Crippen LogP contribution in [0.15, 0.2) is 71.1 Å². The number of ketones is 2. The van der Waals surface area contributed by atoms with E-state index in [1.165, 1.54) is 0 Å². The minimum Gasteiger partial charge on any atom is -0.484 e. The molecule has 2 aromatic rings. The fourth-order valence-corrected chi connectivity index (χ4v) is 6.68. The molecule has 2 aliphatic carbocycles. The maximum atomic E-state index is 13.8. The first-order valence-corrected chi connectivity index (χ1v) is 14.8. The number of allylic oxidation sites excluding steroid dienone is 4. The van der Waals surface area contributed by atoms with Gasteiger partial charge in [0.15, 0.2) is 18.2 Å². The summed E-state index contributed by atoms with van der Waals surface area (Å²) in [7, 11) is 0. The Kier molecular flexibility index (Phi) is 7.71. The fraction of sp³-hybridized carbons (Fsp3) is 0.457. The van der Waals surface area contributed by atoms with Gasteiger partial charge >= 0.3 is 0 Å². The first-order valence-electron chi connectivity index (χ1n) is 14.8. The second kappa shape index (κ2) is 11.0. The first kappa shape index (κ1) is 28.8. The molecular formula is C35H42N2O4. The topological polar surface area (TPSA) is 75.7 Å². The van der Waals surface area contributed by atoms with Crippen LogP contribution in [0.3, 0.4) is 0 Å². The van der Waals surface area contributed by atoms with Gasteiger partial charge in [-0.3, -0.25) is 14.4 Å². The van der Waals surface area contributed by atoms with Crippen LogP contribution in [-0.4, -0.2) is 35.5 Å². The maximum Gasteiger partial charge on any atom is 0.262 e. The third-order valence-electron chi connectivity index (χ3n) is 8.47. The molecule has 2 aromatic carbocycles. The summed E-state index contributed by atoms with van der Waals surface area (Å²) >= 11 is 0. The second-order valence-electron chi connectivity index (χ2n) is 13.4. The van der Waals surface area contributed by atoms with Crippen molar-refractivity contribution in [3.8, 4) is 5.75 Å². The third kappa shape index (κ3) is 5.88. The molecule has 0 bridgehead atoms. The van der Waals surface area contributed by atoms with Crippen molar-refractivity contribution in [3.63, 3.8) is 0 Å². The first-order chi connectivity index (χ1) is 19.4. The number of Topliss-reactive ketones (excluding diaryl/α,β-unsaturated/α-hetero) is 2. The predicted molar refractivity (Wildman–Crippen MR) is 162 cm³/mol. The number of ether oxygens (including phenoxy) is 1. The molecule has 1 N–H and O–H groups in total. The Morgan fingerprint density at radius 1 is 0.878 bits per heavy atom. The molecule has 5 rings (SSSR count). The SMILES string of the molecule is CCCN1C2=C(C(=O)CC(C)(C)C2)C(c2ccc(OCC(=O)Nc3ccccc3C)cc2)C2=C1CC(C)(C)CC2=O. The molecule has 0 radical (unpaired) electrons. The number of anilines is 1. The molecule has 0 aromatic heterocycles. The van der Waals surface area contributed by atoms with Crippen LogP contribution in [0.2, 0.25) is 0 Å². The van der Waals surface area contributed by atoms with Crippen LogP contribution in [-0.2, 0) is 14.4 Å². The predicted octanol–water partition coefficient (Wildman–Crippen LogP) is 7.11. The van der Waals surface area contributed by atoms with E-state index < -0.39 is 0 Å². The van der Waals surface area contributed by atoms with Gasteiger partial charge in [0.1, 0.15) is 5.75 Å². The zero-order valence-electron chi connectivity index (χ0n) is 25.2. The van der Waals surface area contributed by atoms with Crippen molar-refractivity contribution in [1.82, 2.24) is 4.90 Å². The van der Waals surface area contributed by atoms with Crippen LogP contribution in [0.4, 0.5) is 5.69 Å². The van der Waals surface area contributed by atoms with Crippen molar-refractivity contribution >= 4 is 23.2 Å². The Balaban J connectivity index is 1.46. The Morgan fingerprint density at radius 3 is 1.98 bits per heavy atom. The fourth-order valence-electron chi connectivity index (χ4n) is 6.68. The van der Waals surface area contributed by atoms with Gasteiger partial charge in [0.05, 0.1) is 0 Å². The molecule has 0 atom stereocenters. The molecule has 1 amide bonds. The van der Waals surface area contributed by atoms with E-state index >= 15 is 0 Å². The van der Waals surface area contributed by atoms with E-state index in [1.54, 1.807) is 0 Å². The number of para-hydroxylation sites is 1. The molecule has 0 saturated carbocycles. The average molecular weight is 555 g/mol. The summed E-state index contributed by atoms with van der Waals surface area (Å²) < 4.78 is 5.80. The molecule has 41 heavy (non-hydrogen) atoms. The minimum atomic E-state index is -0.376. The molecule has 6 heteroatoms. The normalized spacial score (nSPS) is 20.1. The molecule has 0 saturated heterocycles. The van der Waals surface area contributed by atoms with Gasteiger partial charge in [-0.05, 0) is 66.3 Å². The number of aryl methyl sites for hydroxylation is 1. The molecule has 0 spiro atoms. The Labute approximate surface area is 243 Å². The summed E-state index contributed by atoms with van der Waals surface area (Å²) in [5.41, 5.74) is 6.17. The number of rotatable bonds is 7. The quantitative estimate of drug-likeness (QED) is 0.395. The summed E-state index contributed by atoms with van der Waals surface area (Å²) in [5, 5.41) is 2.89. The van der Waals surface area contributed by atoms with Gasteiger partial charge in [-0.2, -0.15) is 0 Å². The van der Waals surface area contributed by atoms with Gasteiger partial charge in [-0.15, -0.1) is 0 Å². The van der Waals surface area contributed by atoms with Crippen LogP contribution >= 0.6 is 0 Å². The molecule has 3 aliphatic rings. The highest BCUT2D eigenvalue weighted by Crippen LogP contribution is 2.54. The molecule has 1 aliphatic heterocycles. The lowest BCUT2D eigenvalue weighted by atomic mass is 9.63. The monoisotopic (exact) mass is 554 g/mol. The lowest BCUT2D eigenvalue weighted by Gasteiger charge is -2.49. The average Bonchev–Trinajstić information content (AvgIpc) is 2.88. The van der Waals surface area contributed by atoms with Crippen molar-refractivity contribution in [2.45, 2.75) is 79.6 Å². The van der Waals surface area contributed by atoms with E-state index in [4.69, 9.17) is 4.74 Å². The number of hydrogen-bond donors (Lipinski definition) is 1. The number of amides is 1. The number of hydrogen-bond acceptors (Lipinski definition) is 5. The van der Waals surface area contributed by atoms with Gasteiger partial charge < -0.3 is 15.0 Å².